The molecule has 5 heteroatoms. The van der Waals surface area contributed by atoms with Crippen LogP contribution in [0.1, 0.15) is 50.4 Å². The Morgan fingerprint density at radius 1 is 1.19 bits per heavy atom. The van der Waals surface area contributed by atoms with E-state index in [0.29, 0.717) is 17.9 Å². The summed E-state index contributed by atoms with van der Waals surface area (Å²) in [4.78, 5) is 22.9. The van der Waals surface area contributed by atoms with Crippen molar-refractivity contribution in [3.63, 3.8) is 0 Å². The minimum absolute atomic E-state index is 0.408. The van der Waals surface area contributed by atoms with E-state index >= 15 is 0 Å². The highest BCUT2D eigenvalue weighted by molar-refractivity contribution is 5.97. The molecule has 1 rings (SSSR count). The van der Waals surface area contributed by atoms with Crippen LogP contribution < -0.4 is 10.1 Å². The Labute approximate surface area is 125 Å². The van der Waals surface area contributed by atoms with Crippen LogP contribution in [0.25, 0.3) is 0 Å². The molecule has 5 nitrogen and oxygen atoms in total. The van der Waals surface area contributed by atoms with Gasteiger partial charge in [-0.25, -0.2) is 4.79 Å². The molecular formula is C16H23NO4. The van der Waals surface area contributed by atoms with Gasteiger partial charge in [-0.3, -0.25) is 4.79 Å². The molecular weight excluding hydrogens is 270 g/mol. The lowest BCUT2D eigenvalue weighted by Crippen LogP contribution is -2.49. The average molecular weight is 293 g/mol. The van der Waals surface area contributed by atoms with Crippen molar-refractivity contribution in [2.75, 3.05) is 6.61 Å². The van der Waals surface area contributed by atoms with E-state index in [1.807, 2.05) is 0 Å². The largest absolute Gasteiger partial charge is 0.494 e. The lowest BCUT2D eigenvalue weighted by Gasteiger charge is -2.21. The number of rotatable bonds is 8. The Hall–Kier alpha value is -2.04. The lowest BCUT2D eigenvalue weighted by molar-refractivity contribution is -0.143. The van der Waals surface area contributed by atoms with Crippen LogP contribution in [-0.4, -0.2) is 29.1 Å². The van der Waals surface area contributed by atoms with Crippen LogP contribution in [0.2, 0.25) is 0 Å². The molecule has 0 fully saturated rings. The van der Waals surface area contributed by atoms with Crippen molar-refractivity contribution >= 4 is 11.9 Å². The van der Waals surface area contributed by atoms with Gasteiger partial charge in [-0.15, -0.1) is 0 Å². The molecule has 2 N–H and O–H groups in total. The molecule has 0 unspecified atom stereocenters. The number of nitrogens with one attached hydrogen (secondary N) is 1. The first-order valence-corrected chi connectivity index (χ1v) is 7.15. The number of carboxylic acid groups (broad SMARTS) is 1. The molecule has 21 heavy (non-hydrogen) atoms. The van der Waals surface area contributed by atoms with Crippen LogP contribution in [-0.2, 0) is 4.79 Å². The predicted molar refractivity (Wildman–Crippen MR) is 80.6 cm³/mol. The van der Waals surface area contributed by atoms with Crippen LogP contribution >= 0.6 is 0 Å². The molecule has 0 aliphatic rings. The first-order valence-electron chi connectivity index (χ1n) is 7.15. The minimum Gasteiger partial charge on any atom is -0.494 e. The van der Waals surface area contributed by atoms with E-state index in [-0.39, 0.29) is 0 Å². The van der Waals surface area contributed by atoms with Crippen molar-refractivity contribution in [2.24, 2.45) is 0 Å². The summed E-state index contributed by atoms with van der Waals surface area (Å²) >= 11 is 0. The van der Waals surface area contributed by atoms with E-state index < -0.39 is 17.4 Å². The number of carboxylic acids is 1. The summed E-state index contributed by atoms with van der Waals surface area (Å²) < 4.78 is 5.56. The van der Waals surface area contributed by atoms with Crippen molar-refractivity contribution in [3.8, 4) is 5.75 Å². The summed E-state index contributed by atoms with van der Waals surface area (Å²) in [5.74, 6) is -0.785. The summed E-state index contributed by atoms with van der Waals surface area (Å²) in [5.41, 5.74) is -0.892. The number of unbranched alkanes of at least 4 members (excludes halogenated alkanes) is 2. The fourth-order valence-electron chi connectivity index (χ4n) is 1.65. The van der Waals surface area contributed by atoms with E-state index in [9.17, 15) is 9.59 Å². The summed E-state index contributed by atoms with van der Waals surface area (Å²) in [6.45, 7) is 5.67. The van der Waals surface area contributed by atoms with Gasteiger partial charge >= 0.3 is 5.97 Å². The monoisotopic (exact) mass is 293 g/mol. The predicted octanol–water partition coefficient (Wildman–Crippen LogP) is 2.85. The number of hydrogen-bond donors (Lipinski definition) is 2. The summed E-state index contributed by atoms with van der Waals surface area (Å²) in [6.07, 6.45) is 3.28. The van der Waals surface area contributed by atoms with Crippen molar-refractivity contribution in [1.29, 1.82) is 0 Å². The lowest BCUT2D eigenvalue weighted by atomic mass is 10.1. The van der Waals surface area contributed by atoms with Gasteiger partial charge in [0.25, 0.3) is 5.91 Å². The maximum absolute atomic E-state index is 12.0. The fourth-order valence-corrected chi connectivity index (χ4v) is 1.65. The molecule has 1 aromatic rings. The van der Waals surface area contributed by atoms with Crippen LogP contribution in [0, 0.1) is 0 Å². The average Bonchev–Trinajstić information content (AvgIpc) is 2.43. The second-order valence-corrected chi connectivity index (χ2v) is 5.46. The summed E-state index contributed by atoms with van der Waals surface area (Å²) in [6, 6.07) is 6.69. The summed E-state index contributed by atoms with van der Waals surface area (Å²) in [5, 5.41) is 11.5. The zero-order valence-electron chi connectivity index (χ0n) is 12.8. The molecule has 0 spiro atoms. The molecule has 1 amide bonds. The molecule has 0 atom stereocenters. The van der Waals surface area contributed by atoms with Crippen LogP contribution in [0.5, 0.6) is 5.75 Å². The van der Waals surface area contributed by atoms with Gasteiger partial charge in [0.15, 0.2) is 0 Å². The third-order valence-corrected chi connectivity index (χ3v) is 3.09. The molecule has 0 aliphatic heterocycles. The van der Waals surface area contributed by atoms with Crippen molar-refractivity contribution in [2.45, 2.75) is 45.6 Å². The number of carbonyl (C=O) groups excluding carboxylic acids is 1. The topological polar surface area (TPSA) is 75.6 Å². The third kappa shape index (κ3) is 5.45. The van der Waals surface area contributed by atoms with Gasteiger partial charge in [-0.1, -0.05) is 19.8 Å². The molecule has 0 saturated heterocycles. The van der Waals surface area contributed by atoms with E-state index in [0.717, 1.165) is 19.3 Å². The standard InChI is InChI=1S/C16H23NO4/c1-4-5-6-11-21-13-9-7-12(8-10-13)14(18)17-16(2,3)15(19)20/h7-10H,4-6,11H2,1-3H3,(H,17,18)(H,19,20). The maximum Gasteiger partial charge on any atom is 0.328 e. The molecule has 0 heterocycles. The van der Waals surface area contributed by atoms with Crippen molar-refractivity contribution in [1.82, 2.24) is 5.32 Å². The quantitative estimate of drug-likeness (QED) is 0.723. The molecule has 116 valence electrons. The first kappa shape index (κ1) is 17.0. The number of hydrogen-bond acceptors (Lipinski definition) is 3. The van der Waals surface area contributed by atoms with E-state index in [1.165, 1.54) is 13.8 Å². The highest BCUT2D eigenvalue weighted by Gasteiger charge is 2.29. The second kappa shape index (κ2) is 7.67. The SMILES string of the molecule is CCCCCOc1ccc(C(=O)NC(C)(C)C(=O)O)cc1. The van der Waals surface area contributed by atoms with Crippen LogP contribution in [0.15, 0.2) is 24.3 Å². The van der Waals surface area contributed by atoms with E-state index in [1.54, 1.807) is 24.3 Å². The molecule has 1 aromatic carbocycles. The molecule has 0 saturated carbocycles. The Bertz CT molecular complexity index is 480. The Morgan fingerprint density at radius 3 is 2.33 bits per heavy atom. The van der Waals surface area contributed by atoms with Gasteiger partial charge in [-0.05, 0) is 44.5 Å². The second-order valence-electron chi connectivity index (χ2n) is 5.46. The zero-order valence-corrected chi connectivity index (χ0v) is 12.8. The van der Waals surface area contributed by atoms with Gasteiger partial charge in [-0.2, -0.15) is 0 Å². The molecule has 0 radical (unpaired) electrons. The highest BCUT2D eigenvalue weighted by Crippen LogP contribution is 2.14. The normalized spacial score (nSPS) is 11.0. The first-order chi connectivity index (χ1) is 9.86. The van der Waals surface area contributed by atoms with E-state index in [2.05, 4.69) is 12.2 Å². The Morgan fingerprint density at radius 2 is 1.81 bits per heavy atom. The van der Waals surface area contributed by atoms with Gasteiger partial charge < -0.3 is 15.2 Å². The van der Waals surface area contributed by atoms with E-state index in [4.69, 9.17) is 9.84 Å². The Balaban J connectivity index is 2.57. The number of carbonyl (C=O) groups is 2. The molecule has 0 aromatic heterocycles. The highest BCUT2D eigenvalue weighted by atomic mass is 16.5. The number of ether oxygens (including phenoxy) is 1. The number of benzene rings is 1. The molecule has 0 bridgehead atoms. The van der Waals surface area contributed by atoms with Gasteiger partial charge in [0.05, 0.1) is 6.61 Å². The van der Waals surface area contributed by atoms with Gasteiger partial charge in [0.2, 0.25) is 0 Å². The third-order valence-electron chi connectivity index (χ3n) is 3.09. The summed E-state index contributed by atoms with van der Waals surface area (Å²) in [7, 11) is 0. The molecule has 0 aliphatic carbocycles. The fraction of sp³-hybridized carbons (Fsp3) is 0.500. The minimum atomic E-state index is -1.30. The van der Waals surface area contributed by atoms with Crippen molar-refractivity contribution < 1.29 is 19.4 Å². The van der Waals surface area contributed by atoms with Crippen LogP contribution in [0.3, 0.4) is 0 Å². The maximum atomic E-state index is 12.0. The van der Waals surface area contributed by atoms with Crippen molar-refractivity contribution in [3.05, 3.63) is 29.8 Å². The van der Waals surface area contributed by atoms with Gasteiger partial charge in [0, 0.05) is 5.56 Å². The smallest absolute Gasteiger partial charge is 0.328 e. The Kier molecular flexibility index (Phi) is 6.21. The van der Waals surface area contributed by atoms with Crippen LogP contribution in [0.4, 0.5) is 0 Å². The number of amides is 1. The number of aliphatic carboxylic acids is 1. The zero-order chi connectivity index (χ0) is 15.9. The van der Waals surface area contributed by atoms with Gasteiger partial charge in [0.1, 0.15) is 11.3 Å².